The lowest BCUT2D eigenvalue weighted by atomic mass is 10.3. The Hall–Kier alpha value is -3.05. The Balaban J connectivity index is 0.000000169. The normalized spacial score (nSPS) is 10.2. The monoisotopic (exact) mass is 520 g/mol. The summed E-state index contributed by atoms with van der Waals surface area (Å²) in [6, 6.07) is 14.9. The number of ether oxygens (including phenoxy) is 1. The maximum absolute atomic E-state index is 10.8. The van der Waals surface area contributed by atoms with Crippen LogP contribution in [0.15, 0.2) is 74.7 Å². The summed E-state index contributed by atoms with van der Waals surface area (Å²) >= 11 is 6.66. The van der Waals surface area contributed by atoms with E-state index in [0.717, 1.165) is 20.3 Å². The van der Waals surface area contributed by atoms with Gasteiger partial charge in [-0.05, 0) is 48.5 Å². The summed E-state index contributed by atoms with van der Waals surface area (Å²) in [5, 5.41) is 14.4. The van der Waals surface area contributed by atoms with Crippen molar-refractivity contribution in [3.05, 3.63) is 80.2 Å². The van der Waals surface area contributed by atoms with Crippen molar-refractivity contribution in [2.75, 3.05) is 0 Å². The van der Waals surface area contributed by atoms with Crippen LogP contribution in [0.1, 0.15) is 6.92 Å². The van der Waals surface area contributed by atoms with Gasteiger partial charge in [0.05, 0.1) is 11.4 Å². The van der Waals surface area contributed by atoms with Crippen LogP contribution in [0.5, 0.6) is 5.88 Å². The smallest absolute Gasteiger partial charge is 0.309 e. The molecule has 0 atom stereocenters. The number of aromatic amines is 1. The molecule has 0 saturated carbocycles. The average Bonchev–Trinajstić information content (AvgIpc) is 3.32. The van der Waals surface area contributed by atoms with Gasteiger partial charge in [-0.25, -0.2) is 5.10 Å². The number of hydrogen-bond acceptors (Lipinski definition) is 6. The molecule has 0 aliphatic carbocycles. The van der Waals surface area contributed by atoms with Crippen molar-refractivity contribution < 1.29 is 9.53 Å². The van der Waals surface area contributed by atoms with Gasteiger partial charge < -0.3 is 4.74 Å². The van der Waals surface area contributed by atoms with E-state index in [1.165, 1.54) is 28.9 Å². The first-order valence-electron chi connectivity index (χ1n) is 8.18. The third-order valence-electron chi connectivity index (χ3n) is 3.35. The Labute approximate surface area is 181 Å². The topological polar surface area (TPSA) is 108 Å². The summed E-state index contributed by atoms with van der Waals surface area (Å²) in [5.41, 5.74) is 1.41. The largest absolute Gasteiger partial charge is 0.404 e. The van der Waals surface area contributed by atoms with Gasteiger partial charge in [-0.2, -0.15) is 15.0 Å². The number of H-pyrrole nitrogens is 1. The molecule has 9 nitrogen and oxygen atoms in total. The van der Waals surface area contributed by atoms with Crippen LogP contribution in [0.3, 0.4) is 0 Å². The Kier molecular flexibility index (Phi) is 6.73. The van der Waals surface area contributed by atoms with Crippen LogP contribution in [-0.2, 0) is 4.79 Å². The van der Waals surface area contributed by atoms with Gasteiger partial charge in [-0.1, -0.05) is 31.9 Å². The molecule has 2 aromatic carbocycles. The number of benzene rings is 2. The van der Waals surface area contributed by atoms with Crippen LogP contribution < -0.4 is 10.3 Å². The van der Waals surface area contributed by atoms with Crippen molar-refractivity contribution >= 4 is 37.8 Å². The number of esters is 1. The number of aromatic nitrogens is 6. The van der Waals surface area contributed by atoms with Gasteiger partial charge >= 0.3 is 5.97 Å². The van der Waals surface area contributed by atoms with Crippen molar-refractivity contribution in [3.63, 3.8) is 0 Å². The van der Waals surface area contributed by atoms with E-state index < -0.39 is 5.97 Å². The van der Waals surface area contributed by atoms with Crippen LogP contribution in [-0.4, -0.2) is 36.0 Å². The van der Waals surface area contributed by atoms with Crippen LogP contribution in [0.4, 0.5) is 0 Å². The van der Waals surface area contributed by atoms with E-state index >= 15 is 0 Å². The third-order valence-corrected chi connectivity index (χ3v) is 4.41. The molecule has 0 bridgehead atoms. The minimum absolute atomic E-state index is 0.190. The molecule has 2 heterocycles. The lowest BCUT2D eigenvalue weighted by Gasteiger charge is -1.98. The Morgan fingerprint density at radius 1 is 0.931 bits per heavy atom. The predicted molar refractivity (Wildman–Crippen MR) is 112 cm³/mol. The van der Waals surface area contributed by atoms with Crippen LogP contribution in [0.2, 0.25) is 0 Å². The second kappa shape index (κ2) is 9.43. The van der Waals surface area contributed by atoms with E-state index in [0.29, 0.717) is 0 Å². The second-order valence-electron chi connectivity index (χ2n) is 5.55. The predicted octanol–water partition coefficient (Wildman–Crippen LogP) is 3.28. The first-order chi connectivity index (χ1) is 13.9. The zero-order valence-corrected chi connectivity index (χ0v) is 18.2. The molecule has 2 aromatic heterocycles. The van der Waals surface area contributed by atoms with E-state index in [2.05, 4.69) is 52.3 Å². The fourth-order valence-corrected chi connectivity index (χ4v) is 2.66. The van der Waals surface area contributed by atoms with Gasteiger partial charge in [-0.3, -0.25) is 9.59 Å². The molecular weight excluding hydrogens is 508 g/mol. The zero-order valence-electron chi connectivity index (χ0n) is 15.0. The first-order valence-corrected chi connectivity index (χ1v) is 9.76. The molecule has 1 N–H and O–H groups in total. The summed E-state index contributed by atoms with van der Waals surface area (Å²) in [5.74, 6) is -0.224. The van der Waals surface area contributed by atoms with Gasteiger partial charge in [0, 0.05) is 15.9 Å². The average molecular weight is 522 g/mol. The Morgan fingerprint density at radius 3 is 2.03 bits per heavy atom. The number of hydrogen-bond donors (Lipinski definition) is 1. The first kappa shape index (κ1) is 20.7. The fourth-order valence-electron chi connectivity index (χ4n) is 2.13. The third kappa shape index (κ3) is 5.96. The highest BCUT2D eigenvalue weighted by molar-refractivity contribution is 9.10. The summed E-state index contributed by atoms with van der Waals surface area (Å²) in [6.07, 6.45) is 2.63. The molecule has 148 valence electrons. The number of halogens is 2. The maximum atomic E-state index is 10.8. The lowest BCUT2D eigenvalue weighted by molar-refractivity contribution is -0.132. The second-order valence-corrected chi connectivity index (χ2v) is 7.38. The number of nitrogens with one attached hydrogen (secondary N) is 1. The van der Waals surface area contributed by atoms with Crippen molar-refractivity contribution in [1.29, 1.82) is 0 Å². The fraction of sp³-hybridized carbons (Fsp3) is 0.0556. The van der Waals surface area contributed by atoms with Gasteiger partial charge in [0.25, 0.3) is 11.4 Å². The number of nitrogens with zero attached hydrogens (tertiary/aromatic N) is 5. The molecule has 0 amide bonds. The van der Waals surface area contributed by atoms with Crippen LogP contribution in [0, 0.1) is 0 Å². The highest BCUT2D eigenvalue weighted by atomic mass is 79.9. The van der Waals surface area contributed by atoms with Crippen molar-refractivity contribution in [2.24, 2.45) is 0 Å². The number of rotatable bonds is 3. The number of carbonyl (C=O) groups is 1. The van der Waals surface area contributed by atoms with Crippen molar-refractivity contribution in [3.8, 4) is 17.3 Å². The molecule has 4 aromatic rings. The maximum Gasteiger partial charge on any atom is 0.309 e. The molecule has 0 aliphatic rings. The summed E-state index contributed by atoms with van der Waals surface area (Å²) in [7, 11) is 0. The summed E-state index contributed by atoms with van der Waals surface area (Å²) in [6.45, 7) is 1.32. The quantitative estimate of drug-likeness (QED) is 0.414. The molecule has 11 heteroatoms. The van der Waals surface area contributed by atoms with Crippen LogP contribution in [0.25, 0.3) is 11.4 Å². The minimum atomic E-state index is -0.414. The lowest BCUT2D eigenvalue weighted by Crippen LogP contribution is -2.03. The Bertz CT molecular complexity index is 1150. The molecule has 0 spiro atoms. The van der Waals surface area contributed by atoms with E-state index in [-0.39, 0.29) is 11.4 Å². The standard InChI is InChI=1S/C10H8BrN3O2.C8H6BrN3O/c1-7(15)16-10-6-12-14(13-10)9-4-2-8(11)3-5-9;9-6-1-3-7(4-2-6)12-10-5-8(13)11-12/h2-6H,1H3;1-5H,(H,11,13). The van der Waals surface area contributed by atoms with E-state index in [1.54, 1.807) is 0 Å². The number of carbonyl (C=O) groups excluding carboxylic acids is 1. The van der Waals surface area contributed by atoms with E-state index in [1.807, 2.05) is 48.5 Å². The van der Waals surface area contributed by atoms with E-state index in [4.69, 9.17) is 4.74 Å². The minimum Gasteiger partial charge on any atom is -0.404 e. The van der Waals surface area contributed by atoms with Gasteiger partial charge in [-0.15, -0.1) is 9.90 Å². The SMILES string of the molecule is CC(=O)Oc1cnn(-c2ccc(Br)cc2)n1.O=c1cnn(-c2ccc(Br)cc2)[nH]1. The molecule has 0 aliphatic heterocycles. The highest BCUT2D eigenvalue weighted by Gasteiger charge is 2.05. The van der Waals surface area contributed by atoms with Gasteiger partial charge in [0.1, 0.15) is 12.4 Å². The zero-order chi connectivity index (χ0) is 20.8. The Morgan fingerprint density at radius 2 is 1.52 bits per heavy atom. The van der Waals surface area contributed by atoms with Crippen molar-refractivity contribution in [2.45, 2.75) is 6.92 Å². The molecule has 0 unspecified atom stereocenters. The van der Waals surface area contributed by atoms with Gasteiger partial charge in [0.2, 0.25) is 0 Å². The molecule has 4 rings (SSSR count). The molecular formula is C18H14Br2N6O3. The summed E-state index contributed by atoms with van der Waals surface area (Å²) in [4.78, 5) is 24.3. The van der Waals surface area contributed by atoms with Crippen molar-refractivity contribution in [1.82, 2.24) is 30.0 Å². The van der Waals surface area contributed by atoms with Crippen LogP contribution >= 0.6 is 31.9 Å². The highest BCUT2D eigenvalue weighted by Crippen LogP contribution is 2.14. The summed E-state index contributed by atoms with van der Waals surface area (Å²) < 4.78 is 6.76. The van der Waals surface area contributed by atoms with E-state index in [9.17, 15) is 9.59 Å². The molecule has 29 heavy (non-hydrogen) atoms. The van der Waals surface area contributed by atoms with Gasteiger partial charge in [0.15, 0.2) is 0 Å². The molecule has 0 fully saturated rings. The molecule has 0 radical (unpaired) electrons. The molecule has 0 saturated heterocycles.